The van der Waals surface area contributed by atoms with Crippen LogP contribution in [-0.2, 0) is 28.4 Å². The maximum absolute atomic E-state index is 13.5. The number of benzene rings is 4. The van der Waals surface area contributed by atoms with E-state index >= 15 is 0 Å². The Bertz CT molecular complexity index is 1760. The summed E-state index contributed by atoms with van der Waals surface area (Å²) in [5, 5.41) is 0.762. The first kappa shape index (κ1) is 26.1. The van der Waals surface area contributed by atoms with Crippen LogP contribution in [0.4, 0.5) is 0 Å². The number of nitrogens with zero attached hydrogens (tertiary/aromatic N) is 1. The highest BCUT2D eigenvalue weighted by atomic mass is 32.2. The van der Waals surface area contributed by atoms with Gasteiger partial charge in [-0.15, -0.1) is 0 Å². The summed E-state index contributed by atoms with van der Waals surface area (Å²) in [6, 6.07) is 31.8. The number of aromatic nitrogens is 1. The van der Waals surface area contributed by atoms with Crippen molar-refractivity contribution in [2.24, 2.45) is 7.05 Å². The summed E-state index contributed by atoms with van der Waals surface area (Å²) in [5.41, 5.74) is 3.78. The number of aryl methyl sites for hydroxylation is 1. The summed E-state index contributed by atoms with van der Waals surface area (Å²) < 4.78 is 35.5. The van der Waals surface area contributed by atoms with Crippen LogP contribution >= 0.6 is 0 Å². The van der Waals surface area contributed by atoms with E-state index in [1.807, 2.05) is 96.5 Å². The van der Waals surface area contributed by atoms with Crippen LogP contribution in [0.3, 0.4) is 0 Å². The van der Waals surface area contributed by atoms with E-state index in [1.165, 1.54) is 24.3 Å². The highest BCUT2D eigenvalue weighted by Crippen LogP contribution is 2.33. The number of para-hydroxylation sites is 1. The van der Waals surface area contributed by atoms with Crippen molar-refractivity contribution in [3.05, 3.63) is 126 Å². The minimum atomic E-state index is -3.87. The van der Waals surface area contributed by atoms with Crippen LogP contribution in [0.2, 0.25) is 0 Å². The average Bonchev–Trinajstić information content (AvgIpc) is 3.28. The van der Waals surface area contributed by atoms with Crippen molar-refractivity contribution in [3.8, 4) is 11.3 Å². The van der Waals surface area contributed by atoms with Gasteiger partial charge in [-0.1, -0.05) is 84.9 Å². The molecule has 39 heavy (non-hydrogen) atoms. The first-order valence-electron chi connectivity index (χ1n) is 12.3. The average molecular weight is 539 g/mol. The molecular weight excluding hydrogens is 512 g/mol. The van der Waals surface area contributed by atoms with Crippen molar-refractivity contribution in [1.29, 1.82) is 0 Å². The minimum absolute atomic E-state index is 0.0339. The van der Waals surface area contributed by atoms with Gasteiger partial charge in [0, 0.05) is 24.5 Å². The van der Waals surface area contributed by atoms with Crippen molar-refractivity contribution in [3.63, 3.8) is 0 Å². The first-order valence-corrected chi connectivity index (χ1v) is 13.8. The van der Waals surface area contributed by atoms with Crippen LogP contribution in [0.1, 0.15) is 26.3 Å². The fourth-order valence-electron chi connectivity index (χ4n) is 4.54. The lowest BCUT2D eigenvalue weighted by Gasteiger charge is -2.10. The van der Waals surface area contributed by atoms with Gasteiger partial charge in [0.1, 0.15) is 0 Å². The second-order valence-electron chi connectivity index (χ2n) is 9.00. The Labute approximate surface area is 226 Å². The number of sulfonamides is 1. The van der Waals surface area contributed by atoms with Crippen molar-refractivity contribution >= 4 is 32.7 Å². The molecule has 0 amide bonds. The number of Topliss-reactive ketones (excluding diaryl/α,β-unsaturated/α-hetero) is 1. The van der Waals surface area contributed by atoms with E-state index in [2.05, 4.69) is 4.72 Å². The molecular formula is C31H26N2O5S. The van der Waals surface area contributed by atoms with Crippen molar-refractivity contribution in [2.75, 3.05) is 6.61 Å². The third-order valence-corrected chi connectivity index (χ3v) is 7.86. The highest BCUT2D eigenvalue weighted by Gasteiger charge is 2.24. The molecule has 0 aliphatic rings. The zero-order valence-electron chi connectivity index (χ0n) is 21.2. The van der Waals surface area contributed by atoms with E-state index in [0.717, 1.165) is 27.7 Å². The fraction of sp³-hybridized carbons (Fsp3) is 0.0968. The predicted octanol–water partition coefficient (Wildman–Crippen LogP) is 5.36. The van der Waals surface area contributed by atoms with Gasteiger partial charge in [-0.05, 0) is 35.4 Å². The largest absolute Gasteiger partial charge is 0.454 e. The van der Waals surface area contributed by atoms with E-state index < -0.39 is 22.6 Å². The maximum atomic E-state index is 13.5. The molecule has 0 saturated carbocycles. The van der Waals surface area contributed by atoms with Gasteiger partial charge in [-0.2, -0.15) is 0 Å². The number of fused-ring (bicyclic) bond motifs is 1. The van der Waals surface area contributed by atoms with Crippen LogP contribution in [0, 0.1) is 0 Å². The van der Waals surface area contributed by atoms with Crippen LogP contribution < -0.4 is 4.72 Å². The molecule has 1 aromatic heterocycles. The zero-order chi connectivity index (χ0) is 27.4. The molecule has 8 heteroatoms. The SMILES string of the molecule is Cn1c(-c2ccccc2)c(C(=O)COC(=O)c2cccc(S(=O)(=O)NCc3ccccc3)c2)c2ccccc21. The molecule has 0 saturated heterocycles. The molecule has 0 radical (unpaired) electrons. The van der Waals surface area contributed by atoms with Crippen molar-refractivity contribution in [2.45, 2.75) is 11.4 Å². The molecule has 0 unspecified atom stereocenters. The zero-order valence-corrected chi connectivity index (χ0v) is 22.0. The molecule has 5 aromatic rings. The van der Waals surface area contributed by atoms with E-state index in [4.69, 9.17) is 4.74 Å². The molecule has 1 heterocycles. The molecule has 4 aromatic carbocycles. The van der Waals surface area contributed by atoms with Crippen LogP contribution in [-0.4, -0.2) is 31.3 Å². The lowest BCUT2D eigenvalue weighted by Crippen LogP contribution is -2.23. The molecule has 0 atom stereocenters. The number of carbonyl (C=O) groups is 2. The number of carbonyl (C=O) groups excluding carboxylic acids is 2. The number of nitrogens with one attached hydrogen (secondary N) is 1. The minimum Gasteiger partial charge on any atom is -0.454 e. The van der Waals surface area contributed by atoms with E-state index in [-0.39, 0.29) is 22.8 Å². The molecule has 5 rings (SSSR count). The molecule has 1 N–H and O–H groups in total. The number of rotatable bonds is 9. The predicted molar refractivity (Wildman–Crippen MR) is 150 cm³/mol. The van der Waals surface area contributed by atoms with Crippen LogP contribution in [0.25, 0.3) is 22.2 Å². The summed E-state index contributed by atoms with van der Waals surface area (Å²) in [4.78, 5) is 26.2. The smallest absolute Gasteiger partial charge is 0.338 e. The Kier molecular flexibility index (Phi) is 7.40. The van der Waals surface area contributed by atoms with E-state index in [9.17, 15) is 18.0 Å². The fourth-order valence-corrected chi connectivity index (χ4v) is 5.61. The first-order chi connectivity index (χ1) is 18.8. The van der Waals surface area contributed by atoms with Crippen LogP contribution in [0.5, 0.6) is 0 Å². The monoisotopic (exact) mass is 538 g/mol. The molecule has 0 spiro atoms. The van der Waals surface area contributed by atoms with Gasteiger partial charge in [-0.25, -0.2) is 17.9 Å². The lowest BCUT2D eigenvalue weighted by atomic mass is 10.0. The van der Waals surface area contributed by atoms with E-state index in [1.54, 1.807) is 0 Å². The Hall–Kier alpha value is -4.53. The van der Waals surface area contributed by atoms with Crippen molar-refractivity contribution in [1.82, 2.24) is 9.29 Å². The Morgan fingerprint density at radius 1 is 0.821 bits per heavy atom. The van der Waals surface area contributed by atoms with Crippen LogP contribution in [0.15, 0.2) is 114 Å². The van der Waals surface area contributed by atoms with Gasteiger partial charge in [-0.3, -0.25) is 4.79 Å². The highest BCUT2D eigenvalue weighted by molar-refractivity contribution is 7.89. The summed E-state index contributed by atoms with van der Waals surface area (Å²) >= 11 is 0. The second kappa shape index (κ2) is 11.1. The molecule has 0 aliphatic carbocycles. The topological polar surface area (TPSA) is 94.5 Å². The molecule has 0 bridgehead atoms. The number of esters is 1. The Balaban J connectivity index is 1.35. The molecule has 0 aliphatic heterocycles. The van der Waals surface area contributed by atoms with Gasteiger partial charge in [0.25, 0.3) is 0 Å². The number of hydrogen-bond acceptors (Lipinski definition) is 5. The Morgan fingerprint density at radius 3 is 2.23 bits per heavy atom. The number of hydrogen-bond donors (Lipinski definition) is 1. The lowest BCUT2D eigenvalue weighted by molar-refractivity contribution is 0.0475. The third-order valence-electron chi connectivity index (χ3n) is 6.46. The normalized spacial score (nSPS) is 11.4. The number of ketones is 1. The molecule has 0 fully saturated rings. The number of ether oxygens (including phenoxy) is 1. The standard InChI is InChI=1S/C31H26N2O5S/c1-33-27-18-9-8-17-26(27)29(30(33)23-13-6-3-7-14-23)28(34)21-38-31(35)24-15-10-16-25(19-24)39(36,37)32-20-22-11-4-2-5-12-22/h2-19,32H,20-21H2,1H3. The quantitative estimate of drug-likeness (QED) is 0.201. The van der Waals surface area contributed by atoms with Gasteiger partial charge >= 0.3 is 5.97 Å². The summed E-state index contributed by atoms with van der Waals surface area (Å²) in [7, 11) is -1.98. The Morgan fingerprint density at radius 2 is 1.49 bits per heavy atom. The van der Waals surface area contributed by atoms with E-state index in [0.29, 0.717) is 5.56 Å². The van der Waals surface area contributed by atoms with Gasteiger partial charge < -0.3 is 9.30 Å². The van der Waals surface area contributed by atoms with Gasteiger partial charge in [0.05, 0.1) is 21.7 Å². The maximum Gasteiger partial charge on any atom is 0.338 e. The molecule has 7 nitrogen and oxygen atoms in total. The molecule has 196 valence electrons. The third kappa shape index (κ3) is 5.52. The van der Waals surface area contributed by atoms with Crippen molar-refractivity contribution < 1.29 is 22.7 Å². The summed E-state index contributed by atoms with van der Waals surface area (Å²) in [6.45, 7) is -0.378. The van der Waals surface area contributed by atoms with Gasteiger partial charge in [0.15, 0.2) is 6.61 Å². The van der Waals surface area contributed by atoms with Gasteiger partial charge in [0.2, 0.25) is 15.8 Å². The summed E-state index contributed by atoms with van der Waals surface area (Å²) in [6.07, 6.45) is 0. The summed E-state index contributed by atoms with van der Waals surface area (Å²) in [5.74, 6) is -1.14. The second-order valence-corrected chi connectivity index (χ2v) is 10.8.